The Morgan fingerprint density at radius 3 is 2.70 bits per heavy atom. The smallest absolute Gasteiger partial charge is 0.306 e. The predicted molar refractivity (Wildman–Crippen MR) is 70.0 cm³/mol. The molecule has 0 aliphatic heterocycles. The Hall–Kier alpha value is -2.83. The number of carbonyl (C=O) groups excluding carboxylic acids is 1. The molecule has 102 valence electrons. The van der Waals surface area contributed by atoms with Crippen molar-refractivity contribution in [3.05, 3.63) is 63.7 Å². The highest BCUT2D eigenvalue weighted by molar-refractivity contribution is 6.04. The fourth-order valence-corrected chi connectivity index (χ4v) is 1.54. The van der Waals surface area contributed by atoms with Gasteiger partial charge in [-0.2, -0.15) is 4.39 Å². The molecule has 2 rings (SSSR count). The van der Waals surface area contributed by atoms with Crippen molar-refractivity contribution in [3.63, 3.8) is 0 Å². The molecule has 1 aromatic carbocycles. The van der Waals surface area contributed by atoms with E-state index in [1.807, 2.05) is 0 Å². The molecule has 2 aromatic rings. The molecule has 0 bridgehead atoms. The van der Waals surface area contributed by atoms with Crippen LogP contribution >= 0.6 is 0 Å². The number of amides is 1. The number of anilines is 1. The van der Waals surface area contributed by atoms with Crippen molar-refractivity contribution in [2.45, 2.75) is 6.92 Å². The van der Waals surface area contributed by atoms with E-state index < -0.39 is 22.3 Å². The van der Waals surface area contributed by atoms with Crippen LogP contribution in [0.3, 0.4) is 0 Å². The first-order valence-corrected chi connectivity index (χ1v) is 5.65. The molecular weight excluding hydrogens is 265 g/mol. The number of hydrogen-bond donors (Lipinski definition) is 1. The zero-order chi connectivity index (χ0) is 14.7. The second kappa shape index (κ2) is 5.43. The van der Waals surface area contributed by atoms with E-state index in [9.17, 15) is 19.3 Å². The van der Waals surface area contributed by atoms with Crippen LogP contribution in [0.2, 0.25) is 0 Å². The zero-order valence-electron chi connectivity index (χ0n) is 10.5. The molecule has 0 fully saturated rings. The summed E-state index contributed by atoms with van der Waals surface area (Å²) in [5.41, 5.74) is 0.523. The number of aryl methyl sites for hydroxylation is 1. The summed E-state index contributed by atoms with van der Waals surface area (Å²) in [4.78, 5) is 25.6. The number of nitrogens with one attached hydrogen (secondary N) is 1. The minimum atomic E-state index is -0.954. The maximum Gasteiger partial charge on any atom is 0.306 e. The van der Waals surface area contributed by atoms with Gasteiger partial charge in [0.1, 0.15) is 0 Å². The molecule has 0 aliphatic carbocycles. The first-order valence-electron chi connectivity index (χ1n) is 5.65. The Morgan fingerprint density at radius 1 is 1.35 bits per heavy atom. The summed E-state index contributed by atoms with van der Waals surface area (Å²) in [6.45, 7) is 1.78. The largest absolute Gasteiger partial charge is 0.322 e. The van der Waals surface area contributed by atoms with E-state index in [2.05, 4.69) is 10.3 Å². The highest BCUT2D eigenvalue weighted by Gasteiger charge is 2.15. The number of rotatable bonds is 3. The minimum absolute atomic E-state index is 0.142. The van der Waals surface area contributed by atoms with Gasteiger partial charge in [0.25, 0.3) is 5.91 Å². The van der Waals surface area contributed by atoms with Crippen LogP contribution in [0.25, 0.3) is 0 Å². The standard InChI is InChI=1S/C13H10FN3O3/c1-8-2-3-9(7-15-8)13(18)16-10-4-5-11(14)12(6-10)17(19)20/h2-7H,1H3,(H,16,18). The van der Waals surface area contributed by atoms with Crippen LogP contribution < -0.4 is 5.32 Å². The fourth-order valence-electron chi connectivity index (χ4n) is 1.54. The monoisotopic (exact) mass is 275 g/mol. The molecule has 6 nitrogen and oxygen atoms in total. The quantitative estimate of drug-likeness (QED) is 0.689. The van der Waals surface area contributed by atoms with E-state index in [0.29, 0.717) is 5.56 Å². The molecule has 1 amide bonds. The first-order chi connectivity index (χ1) is 9.47. The average Bonchev–Trinajstić information content (AvgIpc) is 2.41. The summed E-state index contributed by atoms with van der Waals surface area (Å²) in [7, 11) is 0. The minimum Gasteiger partial charge on any atom is -0.322 e. The fraction of sp³-hybridized carbons (Fsp3) is 0.0769. The second-order valence-electron chi connectivity index (χ2n) is 4.07. The van der Waals surface area contributed by atoms with E-state index in [1.165, 1.54) is 12.3 Å². The molecule has 0 radical (unpaired) electrons. The van der Waals surface area contributed by atoms with E-state index in [4.69, 9.17) is 0 Å². The van der Waals surface area contributed by atoms with Crippen LogP contribution in [0.15, 0.2) is 36.5 Å². The van der Waals surface area contributed by atoms with E-state index in [0.717, 1.165) is 17.8 Å². The van der Waals surface area contributed by atoms with Crippen LogP contribution in [0.5, 0.6) is 0 Å². The Kier molecular flexibility index (Phi) is 3.69. The summed E-state index contributed by atoms with van der Waals surface area (Å²) in [5.74, 6) is -1.43. The van der Waals surface area contributed by atoms with Crippen LogP contribution in [0.4, 0.5) is 15.8 Å². The summed E-state index contributed by atoms with van der Waals surface area (Å²) in [5, 5.41) is 13.1. The van der Waals surface area contributed by atoms with Gasteiger partial charge < -0.3 is 5.32 Å². The number of aromatic nitrogens is 1. The lowest BCUT2D eigenvalue weighted by atomic mass is 10.2. The Labute approximate surface area is 113 Å². The molecule has 20 heavy (non-hydrogen) atoms. The molecular formula is C13H10FN3O3. The van der Waals surface area contributed by atoms with E-state index >= 15 is 0 Å². The molecule has 1 heterocycles. The molecule has 7 heteroatoms. The van der Waals surface area contributed by atoms with Crippen molar-refractivity contribution >= 4 is 17.3 Å². The van der Waals surface area contributed by atoms with Crippen molar-refractivity contribution in [1.82, 2.24) is 4.98 Å². The van der Waals surface area contributed by atoms with Crippen LogP contribution in [0, 0.1) is 22.9 Å². The molecule has 0 aliphatic rings. The lowest BCUT2D eigenvalue weighted by Crippen LogP contribution is -2.12. The number of pyridine rings is 1. The summed E-state index contributed by atoms with van der Waals surface area (Å²) >= 11 is 0. The number of nitrogens with zero attached hydrogens (tertiary/aromatic N) is 2. The molecule has 0 spiro atoms. The normalized spacial score (nSPS) is 10.1. The third-order valence-corrected chi connectivity index (χ3v) is 2.57. The highest BCUT2D eigenvalue weighted by atomic mass is 19.1. The number of carbonyl (C=O) groups is 1. The summed E-state index contributed by atoms with van der Waals surface area (Å²) in [6, 6.07) is 6.40. The summed E-state index contributed by atoms with van der Waals surface area (Å²) < 4.78 is 13.2. The lowest BCUT2D eigenvalue weighted by molar-refractivity contribution is -0.387. The molecule has 1 aromatic heterocycles. The van der Waals surface area contributed by atoms with Crippen LogP contribution in [-0.2, 0) is 0 Å². The average molecular weight is 275 g/mol. The van der Waals surface area contributed by atoms with Crippen molar-refractivity contribution in [1.29, 1.82) is 0 Å². The van der Waals surface area contributed by atoms with Crippen molar-refractivity contribution in [3.8, 4) is 0 Å². The number of hydrogen-bond acceptors (Lipinski definition) is 4. The van der Waals surface area contributed by atoms with Gasteiger partial charge in [-0.05, 0) is 31.2 Å². The van der Waals surface area contributed by atoms with Crippen LogP contribution in [0.1, 0.15) is 16.1 Å². The Bertz CT molecular complexity index is 671. The van der Waals surface area contributed by atoms with Crippen LogP contribution in [-0.4, -0.2) is 15.8 Å². The van der Waals surface area contributed by atoms with Gasteiger partial charge in [0.2, 0.25) is 5.82 Å². The Balaban J connectivity index is 2.21. The number of nitro benzene ring substituents is 1. The molecule has 0 atom stereocenters. The SMILES string of the molecule is Cc1ccc(C(=O)Nc2ccc(F)c([N+](=O)[O-])c2)cn1. The molecule has 1 N–H and O–H groups in total. The third-order valence-electron chi connectivity index (χ3n) is 2.57. The summed E-state index contributed by atoms with van der Waals surface area (Å²) in [6.07, 6.45) is 1.39. The second-order valence-corrected chi connectivity index (χ2v) is 4.07. The topological polar surface area (TPSA) is 85.1 Å². The first kappa shape index (κ1) is 13.6. The molecule has 0 saturated heterocycles. The van der Waals surface area contributed by atoms with Gasteiger partial charge in [-0.1, -0.05) is 0 Å². The number of nitro groups is 1. The van der Waals surface area contributed by atoms with Crippen molar-refractivity contribution in [2.75, 3.05) is 5.32 Å². The highest BCUT2D eigenvalue weighted by Crippen LogP contribution is 2.22. The maximum absolute atomic E-state index is 13.2. The third kappa shape index (κ3) is 2.94. The Morgan fingerprint density at radius 2 is 2.10 bits per heavy atom. The van der Waals surface area contributed by atoms with Gasteiger partial charge in [0.15, 0.2) is 0 Å². The number of halogens is 1. The van der Waals surface area contributed by atoms with Gasteiger partial charge in [-0.3, -0.25) is 19.9 Å². The van der Waals surface area contributed by atoms with Gasteiger partial charge in [0.05, 0.1) is 10.5 Å². The lowest BCUT2D eigenvalue weighted by Gasteiger charge is -2.05. The molecule has 0 unspecified atom stereocenters. The maximum atomic E-state index is 13.2. The van der Waals surface area contributed by atoms with E-state index in [-0.39, 0.29) is 5.69 Å². The molecule has 0 saturated carbocycles. The van der Waals surface area contributed by atoms with Gasteiger partial charge in [-0.15, -0.1) is 0 Å². The van der Waals surface area contributed by atoms with Gasteiger partial charge >= 0.3 is 5.69 Å². The zero-order valence-corrected chi connectivity index (χ0v) is 10.5. The van der Waals surface area contributed by atoms with E-state index in [1.54, 1.807) is 19.1 Å². The number of benzene rings is 1. The van der Waals surface area contributed by atoms with Gasteiger partial charge in [0, 0.05) is 23.6 Å². The van der Waals surface area contributed by atoms with Crippen molar-refractivity contribution < 1.29 is 14.1 Å². The van der Waals surface area contributed by atoms with Gasteiger partial charge in [-0.25, -0.2) is 0 Å². The van der Waals surface area contributed by atoms with Crippen molar-refractivity contribution in [2.24, 2.45) is 0 Å². The predicted octanol–water partition coefficient (Wildman–Crippen LogP) is 2.69.